The molecule has 0 unspecified atom stereocenters. The molecule has 3 rings (SSSR count). The summed E-state index contributed by atoms with van der Waals surface area (Å²) in [6.45, 7) is 5.64. The second-order valence-corrected chi connectivity index (χ2v) is 7.17. The quantitative estimate of drug-likeness (QED) is 0.576. The molecule has 1 saturated heterocycles. The van der Waals surface area contributed by atoms with Gasteiger partial charge in [-0.05, 0) is 56.5 Å². The number of nitriles is 1. The minimum atomic E-state index is -0.390. The monoisotopic (exact) mass is 394 g/mol. The van der Waals surface area contributed by atoms with Crippen molar-refractivity contribution in [2.24, 2.45) is 0 Å². The van der Waals surface area contributed by atoms with Crippen LogP contribution in [0.3, 0.4) is 0 Å². The molecule has 2 heterocycles. The number of benzene rings is 1. The predicted octanol–water partition coefficient (Wildman–Crippen LogP) is 2.76. The van der Waals surface area contributed by atoms with Gasteiger partial charge >= 0.3 is 0 Å². The fraction of sp³-hybridized carbons (Fsp3) is 0.409. The molecule has 0 aliphatic carbocycles. The smallest absolute Gasteiger partial charge is 0.262 e. The van der Waals surface area contributed by atoms with Crippen LogP contribution in [0.15, 0.2) is 29.8 Å². The third-order valence-corrected chi connectivity index (χ3v) is 4.92. The highest BCUT2D eigenvalue weighted by Gasteiger charge is 2.18. The highest BCUT2D eigenvalue weighted by atomic mass is 16.5. The number of ether oxygens (including phenoxy) is 2. The number of aryl methyl sites for hydroxylation is 2. The largest absolute Gasteiger partial charge is 0.496 e. The molecule has 1 fully saturated rings. The summed E-state index contributed by atoms with van der Waals surface area (Å²) in [5.41, 5.74) is 3.74. The predicted molar refractivity (Wildman–Crippen MR) is 109 cm³/mol. The first-order valence-electron chi connectivity index (χ1n) is 9.69. The van der Waals surface area contributed by atoms with E-state index >= 15 is 0 Å². The van der Waals surface area contributed by atoms with Crippen LogP contribution in [0.4, 0.5) is 0 Å². The van der Waals surface area contributed by atoms with Crippen molar-refractivity contribution in [1.29, 1.82) is 5.26 Å². The number of hydrogen-bond donors (Lipinski definition) is 1. The highest BCUT2D eigenvalue weighted by molar-refractivity contribution is 6.01. The van der Waals surface area contributed by atoms with Crippen LogP contribution < -0.4 is 10.1 Å². The van der Waals surface area contributed by atoms with Gasteiger partial charge in [0.1, 0.15) is 17.4 Å². The molecule has 0 radical (unpaired) electrons. The van der Waals surface area contributed by atoms with Crippen LogP contribution in [0.5, 0.6) is 5.75 Å². The van der Waals surface area contributed by atoms with E-state index in [1.54, 1.807) is 13.2 Å². The lowest BCUT2D eigenvalue weighted by molar-refractivity contribution is -0.117. The summed E-state index contributed by atoms with van der Waals surface area (Å²) in [7, 11) is 1.62. The van der Waals surface area contributed by atoms with Crippen LogP contribution in [0.2, 0.25) is 0 Å². The summed E-state index contributed by atoms with van der Waals surface area (Å²) in [6, 6.07) is 9.60. The highest BCUT2D eigenvalue weighted by Crippen LogP contribution is 2.23. The lowest BCUT2D eigenvalue weighted by Crippen LogP contribution is -2.32. The van der Waals surface area contributed by atoms with Crippen molar-refractivity contribution in [3.8, 4) is 11.8 Å². The van der Waals surface area contributed by atoms with E-state index < -0.39 is 0 Å². The number of rotatable bonds is 7. The SMILES string of the molecule is COc1ccc(/C=C(/C#N)C(=O)NC[C@H]2CCCO2)cc1Cn1nc(C)cc1C. The fourth-order valence-electron chi connectivity index (χ4n) is 3.43. The maximum absolute atomic E-state index is 12.4. The van der Waals surface area contributed by atoms with E-state index in [0.717, 1.165) is 47.7 Å². The summed E-state index contributed by atoms with van der Waals surface area (Å²) in [4.78, 5) is 12.4. The van der Waals surface area contributed by atoms with Gasteiger partial charge < -0.3 is 14.8 Å². The molecule has 1 aromatic carbocycles. The molecular formula is C22H26N4O3. The number of carbonyl (C=O) groups is 1. The molecule has 1 amide bonds. The van der Waals surface area contributed by atoms with Crippen LogP contribution in [-0.2, 0) is 16.1 Å². The third-order valence-electron chi connectivity index (χ3n) is 4.92. The molecule has 1 aromatic heterocycles. The van der Waals surface area contributed by atoms with E-state index in [-0.39, 0.29) is 17.6 Å². The Morgan fingerprint density at radius 2 is 2.28 bits per heavy atom. The van der Waals surface area contributed by atoms with Crippen molar-refractivity contribution < 1.29 is 14.3 Å². The second kappa shape index (κ2) is 9.39. The average Bonchev–Trinajstić information content (AvgIpc) is 3.34. The van der Waals surface area contributed by atoms with Gasteiger partial charge in [-0.25, -0.2) is 0 Å². The first-order valence-corrected chi connectivity index (χ1v) is 9.69. The zero-order valence-electron chi connectivity index (χ0n) is 17.1. The van der Waals surface area contributed by atoms with Crippen molar-refractivity contribution in [3.05, 3.63) is 52.4 Å². The van der Waals surface area contributed by atoms with Gasteiger partial charge in [0.25, 0.3) is 5.91 Å². The van der Waals surface area contributed by atoms with Crippen LogP contribution in [0.1, 0.15) is 35.4 Å². The summed E-state index contributed by atoms with van der Waals surface area (Å²) in [5, 5.41) is 16.7. The fourth-order valence-corrected chi connectivity index (χ4v) is 3.43. The Kier molecular flexibility index (Phi) is 6.68. The van der Waals surface area contributed by atoms with Gasteiger partial charge in [-0.15, -0.1) is 0 Å². The first kappa shape index (κ1) is 20.6. The molecule has 1 aliphatic heterocycles. The molecule has 1 aliphatic rings. The molecule has 152 valence electrons. The lowest BCUT2D eigenvalue weighted by atomic mass is 10.1. The zero-order valence-corrected chi connectivity index (χ0v) is 17.1. The number of nitrogens with one attached hydrogen (secondary N) is 1. The summed E-state index contributed by atoms with van der Waals surface area (Å²) >= 11 is 0. The Morgan fingerprint density at radius 1 is 1.45 bits per heavy atom. The van der Waals surface area contributed by atoms with E-state index in [9.17, 15) is 10.1 Å². The third kappa shape index (κ3) is 5.24. The van der Waals surface area contributed by atoms with Crippen LogP contribution in [-0.4, -0.2) is 42.1 Å². The Labute approximate surface area is 170 Å². The molecule has 7 nitrogen and oxygen atoms in total. The van der Waals surface area contributed by atoms with Crippen molar-refractivity contribution in [3.63, 3.8) is 0 Å². The first-order chi connectivity index (χ1) is 14.0. The lowest BCUT2D eigenvalue weighted by Gasteiger charge is -2.12. The Morgan fingerprint density at radius 3 is 2.90 bits per heavy atom. The number of hydrogen-bond acceptors (Lipinski definition) is 5. The zero-order chi connectivity index (χ0) is 20.8. The molecule has 1 atom stereocenters. The normalized spacial score (nSPS) is 16.5. The minimum Gasteiger partial charge on any atom is -0.496 e. The number of methoxy groups -OCH3 is 1. The van der Waals surface area contributed by atoms with Crippen LogP contribution >= 0.6 is 0 Å². The van der Waals surface area contributed by atoms with E-state index in [2.05, 4.69) is 10.4 Å². The van der Waals surface area contributed by atoms with Crippen molar-refractivity contribution in [2.45, 2.75) is 39.3 Å². The molecule has 2 aromatic rings. The van der Waals surface area contributed by atoms with E-state index in [0.29, 0.717) is 13.1 Å². The average molecular weight is 394 g/mol. The van der Waals surface area contributed by atoms with Gasteiger partial charge in [0.2, 0.25) is 0 Å². The van der Waals surface area contributed by atoms with E-state index in [4.69, 9.17) is 9.47 Å². The molecule has 29 heavy (non-hydrogen) atoms. The van der Waals surface area contributed by atoms with Gasteiger partial charge in [-0.2, -0.15) is 10.4 Å². The van der Waals surface area contributed by atoms with Gasteiger partial charge in [-0.3, -0.25) is 9.48 Å². The Hall–Kier alpha value is -3.11. The molecule has 0 saturated carbocycles. The summed E-state index contributed by atoms with van der Waals surface area (Å²) < 4.78 is 12.9. The molecule has 7 heteroatoms. The van der Waals surface area contributed by atoms with Gasteiger partial charge in [0.15, 0.2) is 0 Å². The molecular weight excluding hydrogens is 368 g/mol. The van der Waals surface area contributed by atoms with Crippen LogP contribution in [0.25, 0.3) is 6.08 Å². The van der Waals surface area contributed by atoms with Gasteiger partial charge in [-0.1, -0.05) is 6.07 Å². The van der Waals surface area contributed by atoms with Crippen molar-refractivity contribution >= 4 is 12.0 Å². The van der Waals surface area contributed by atoms with E-state index in [1.807, 2.05) is 48.9 Å². The standard InChI is InChI=1S/C22H26N4O3/c1-15-9-16(2)26(25-15)14-19-11-17(6-7-21(19)28-3)10-18(12-23)22(27)24-13-20-5-4-8-29-20/h6-7,9-11,20H,4-5,8,13-14H2,1-3H3,(H,24,27)/b18-10-/t20-/m1/s1. The number of amides is 1. The Bertz CT molecular complexity index is 949. The summed E-state index contributed by atoms with van der Waals surface area (Å²) in [5.74, 6) is 0.343. The summed E-state index contributed by atoms with van der Waals surface area (Å²) in [6.07, 6.45) is 3.56. The van der Waals surface area contributed by atoms with E-state index in [1.165, 1.54) is 0 Å². The maximum atomic E-state index is 12.4. The van der Waals surface area contributed by atoms with Gasteiger partial charge in [0.05, 0.1) is 25.5 Å². The van der Waals surface area contributed by atoms with Gasteiger partial charge in [0, 0.05) is 24.4 Å². The van der Waals surface area contributed by atoms with Crippen LogP contribution in [0, 0.1) is 25.2 Å². The number of carbonyl (C=O) groups excluding carboxylic acids is 1. The molecule has 0 bridgehead atoms. The van der Waals surface area contributed by atoms with Crippen molar-refractivity contribution in [1.82, 2.24) is 15.1 Å². The number of nitrogens with zero attached hydrogens (tertiary/aromatic N) is 3. The maximum Gasteiger partial charge on any atom is 0.262 e. The molecule has 1 N–H and O–H groups in total. The van der Waals surface area contributed by atoms with Crippen molar-refractivity contribution in [2.75, 3.05) is 20.3 Å². The second-order valence-electron chi connectivity index (χ2n) is 7.17. The Balaban J connectivity index is 1.78. The molecule has 0 spiro atoms. The topological polar surface area (TPSA) is 89.2 Å². The number of aromatic nitrogens is 2. The minimum absolute atomic E-state index is 0.0345.